The Kier molecular flexibility index (Phi) is 6.84. The predicted octanol–water partition coefficient (Wildman–Crippen LogP) is 4.61. The molecule has 1 amide bonds. The van der Waals surface area contributed by atoms with E-state index in [1.165, 1.54) is 0 Å². The number of benzene rings is 2. The highest BCUT2D eigenvalue weighted by Gasteiger charge is 2.13. The van der Waals surface area contributed by atoms with Gasteiger partial charge in [-0.3, -0.25) is 9.89 Å². The first-order valence-corrected chi connectivity index (χ1v) is 9.81. The number of anilines is 1. The van der Waals surface area contributed by atoms with E-state index in [4.69, 9.17) is 9.47 Å². The lowest BCUT2D eigenvalue weighted by Crippen LogP contribution is -2.12. The molecule has 0 aliphatic heterocycles. The Bertz CT molecular complexity index is 951. The number of aromatic amines is 1. The van der Waals surface area contributed by atoms with Crippen LogP contribution < -0.4 is 14.8 Å². The van der Waals surface area contributed by atoms with Crippen LogP contribution in [0.5, 0.6) is 11.5 Å². The molecule has 7 nitrogen and oxygen atoms in total. The number of amides is 1. The Hall–Kier alpha value is -3.35. The minimum absolute atomic E-state index is 0.213. The quantitative estimate of drug-likeness (QED) is 0.553. The van der Waals surface area contributed by atoms with Gasteiger partial charge in [-0.05, 0) is 62.2 Å². The lowest BCUT2D eigenvalue weighted by atomic mass is 10.1. The maximum absolute atomic E-state index is 12.7. The molecule has 0 radical (unpaired) electrons. The summed E-state index contributed by atoms with van der Waals surface area (Å²) in [5, 5.41) is 9.86. The van der Waals surface area contributed by atoms with Crippen LogP contribution >= 0.6 is 0 Å². The average Bonchev–Trinajstić information content (AvgIpc) is 3.17. The Balaban J connectivity index is 1.72. The maximum atomic E-state index is 12.7. The number of aryl methyl sites for hydroxylation is 1. The predicted molar refractivity (Wildman–Crippen MR) is 113 cm³/mol. The van der Waals surface area contributed by atoms with E-state index in [-0.39, 0.29) is 5.91 Å². The molecule has 2 aromatic carbocycles. The normalized spacial score (nSPS) is 10.6. The van der Waals surface area contributed by atoms with Crippen molar-refractivity contribution < 1.29 is 14.3 Å². The number of carbonyl (C=O) groups excluding carboxylic acids is 1. The Morgan fingerprint density at radius 1 is 1.00 bits per heavy atom. The summed E-state index contributed by atoms with van der Waals surface area (Å²) in [6.07, 6.45) is 1.78. The minimum Gasteiger partial charge on any atom is -0.490 e. The molecule has 0 bridgehead atoms. The number of aromatic nitrogens is 3. The van der Waals surface area contributed by atoms with Crippen molar-refractivity contribution in [1.29, 1.82) is 0 Å². The number of ether oxygens (including phenoxy) is 2. The molecule has 0 saturated heterocycles. The second-order valence-electron chi connectivity index (χ2n) is 6.63. The van der Waals surface area contributed by atoms with Crippen LogP contribution in [0.4, 0.5) is 5.69 Å². The molecular weight excluding hydrogens is 368 g/mol. The largest absolute Gasteiger partial charge is 0.490 e. The van der Waals surface area contributed by atoms with Gasteiger partial charge < -0.3 is 14.8 Å². The molecule has 1 aromatic heterocycles. The SMILES string of the molecule is CCCOc1ccc(C(=O)Nc2ccc(-c3n[nH]c(C)n3)cc2)cc1OCCC. The van der Waals surface area contributed by atoms with Gasteiger partial charge in [-0.25, -0.2) is 4.98 Å². The Morgan fingerprint density at radius 3 is 2.31 bits per heavy atom. The van der Waals surface area contributed by atoms with E-state index in [1.807, 2.05) is 45.0 Å². The molecule has 0 aliphatic rings. The molecule has 152 valence electrons. The maximum Gasteiger partial charge on any atom is 0.255 e. The molecule has 0 aliphatic carbocycles. The van der Waals surface area contributed by atoms with Gasteiger partial charge in [0.2, 0.25) is 0 Å². The number of nitrogens with zero attached hydrogens (tertiary/aromatic N) is 2. The third-order valence-corrected chi connectivity index (χ3v) is 4.13. The van der Waals surface area contributed by atoms with E-state index in [9.17, 15) is 4.79 Å². The highest BCUT2D eigenvalue weighted by molar-refractivity contribution is 6.04. The van der Waals surface area contributed by atoms with Crippen molar-refractivity contribution in [1.82, 2.24) is 15.2 Å². The van der Waals surface area contributed by atoms with Crippen molar-refractivity contribution in [2.75, 3.05) is 18.5 Å². The van der Waals surface area contributed by atoms with Gasteiger partial charge in [0.25, 0.3) is 5.91 Å². The highest BCUT2D eigenvalue weighted by Crippen LogP contribution is 2.29. The Morgan fingerprint density at radius 2 is 1.69 bits per heavy atom. The lowest BCUT2D eigenvalue weighted by molar-refractivity contribution is 0.102. The van der Waals surface area contributed by atoms with Crippen molar-refractivity contribution in [2.45, 2.75) is 33.6 Å². The van der Waals surface area contributed by atoms with Crippen molar-refractivity contribution in [2.24, 2.45) is 0 Å². The highest BCUT2D eigenvalue weighted by atomic mass is 16.5. The molecule has 3 aromatic rings. The smallest absolute Gasteiger partial charge is 0.255 e. The average molecular weight is 394 g/mol. The number of nitrogens with one attached hydrogen (secondary N) is 2. The molecule has 0 fully saturated rings. The zero-order valence-corrected chi connectivity index (χ0v) is 17.0. The lowest BCUT2D eigenvalue weighted by Gasteiger charge is -2.13. The first kappa shape index (κ1) is 20.4. The number of H-pyrrole nitrogens is 1. The van der Waals surface area contributed by atoms with Crippen molar-refractivity contribution in [3.63, 3.8) is 0 Å². The summed E-state index contributed by atoms with van der Waals surface area (Å²) < 4.78 is 11.5. The molecule has 0 atom stereocenters. The van der Waals surface area contributed by atoms with Crippen LogP contribution in [0.25, 0.3) is 11.4 Å². The van der Waals surface area contributed by atoms with E-state index < -0.39 is 0 Å². The van der Waals surface area contributed by atoms with E-state index in [2.05, 4.69) is 20.5 Å². The summed E-state index contributed by atoms with van der Waals surface area (Å²) in [5.41, 5.74) is 2.07. The number of rotatable bonds is 9. The molecule has 2 N–H and O–H groups in total. The first-order chi connectivity index (χ1) is 14.1. The molecule has 0 saturated carbocycles. The van der Waals surface area contributed by atoms with Crippen LogP contribution in [0.1, 0.15) is 42.9 Å². The number of carbonyl (C=O) groups is 1. The van der Waals surface area contributed by atoms with Gasteiger partial charge in [0.1, 0.15) is 5.82 Å². The third-order valence-electron chi connectivity index (χ3n) is 4.13. The second-order valence-corrected chi connectivity index (χ2v) is 6.63. The van der Waals surface area contributed by atoms with Crippen molar-refractivity contribution >= 4 is 11.6 Å². The zero-order chi connectivity index (χ0) is 20.6. The van der Waals surface area contributed by atoms with E-state index >= 15 is 0 Å². The van der Waals surface area contributed by atoms with Gasteiger partial charge in [0.05, 0.1) is 13.2 Å². The summed E-state index contributed by atoms with van der Waals surface area (Å²) in [6.45, 7) is 7.10. The molecule has 7 heteroatoms. The fourth-order valence-corrected chi connectivity index (χ4v) is 2.68. The molecular formula is C22H26N4O3. The summed E-state index contributed by atoms with van der Waals surface area (Å²) >= 11 is 0. The summed E-state index contributed by atoms with van der Waals surface area (Å²) in [5.74, 6) is 2.41. The fourth-order valence-electron chi connectivity index (χ4n) is 2.68. The zero-order valence-electron chi connectivity index (χ0n) is 17.0. The van der Waals surface area contributed by atoms with Crippen molar-refractivity contribution in [3.05, 3.63) is 53.9 Å². The number of hydrogen-bond donors (Lipinski definition) is 2. The molecule has 29 heavy (non-hydrogen) atoms. The van der Waals surface area contributed by atoms with Gasteiger partial charge in [0.15, 0.2) is 17.3 Å². The summed E-state index contributed by atoms with van der Waals surface area (Å²) in [4.78, 5) is 17.0. The van der Waals surface area contributed by atoms with Gasteiger partial charge >= 0.3 is 0 Å². The molecule has 3 rings (SSSR count). The molecule has 0 unspecified atom stereocenters. The van der Waals surface area contributed by atoms with Crippen LogP contribution in [-0.2, 0) is 0 Å². The van der Waals surface area contributed by atoms with Crippen molar-refractivity contribution in [3.8, 4) is 22.9 Å². The van der Waals surface area contributed by atoms with Crippen LogP contribution in [0.3, 0.4) is 0 Å². The van der Waals surface area contributed by atoms with E-state index in [1.54, 1.807) is 18.2 Å². The minimum atomic E-state index is -0.213. The van der Waals surface area contributed by atoms with Crippen LogP contribution in [-0.4, -0.2) is 34.3 Å². The third kappa shape index (κ3) is 5.34. The monoisotopic (exact) mass is 394 g/mol. The fraction of sp³-hybridized carbons (Fsp3) is 0.318. The molecule has 0 spiro atoms. The van der Waals surface area contributed by atoms with Gasteiger partial charge in [-0.1, -0.05) is 13.8 Å². The number of hydrogen-bond acceptors (Lipinski definition) is 5. The topological polar surface area (TPSA) is 89.1 Å². The van der Waals surface area contributed by atoms with E-state index in [0.717, 1.165) is 24.2 Å². The molecule has 1 heterocycles. The van der Waals surface area contributed by atoms with Gasteiger partial charge in [-0.15, -0.1) is 0 Å². The van der Waals surface area contributed by atoms with Crippen LogP contribution in [0.15, 0.2) is 42.5 Å². The van der Waals surface area contributed by atoms with Crippen LogP contribution in [0, 0.1) is 6.92 Å². The summed E-state index contributed by atoms with van der Waals surface area (Å²) in [7, 11) is 0. The van der Waals surface area contributed by atoms with Gasteiger partial charge in [0, 0.05) is 16.8 Å². The van der Waals surface area contributed by atoms with E-state index in [0.29, 0.717) is 41.8 Å². The Labute approximate surface area is 170 Å². The first-order valence-electron chi connectivity index (χ1n) is 9.81. The van der Waals surface area contributed by atoms with Crippen LogP contribution in [0.2, 0.25) is 0 Å². The summed E-state index contributed by atoms with van der Waals surface area (Å²) in [6, 6.07) is 12.6. The second kappa shape index (κ2) is 9.73. The standard InChI is InChI=1S/C22H26N4O3/c1-4-12-28-19-11-8-17(14-20(19)29-13-5-2)22(27)24-18-9-6-16(7-10-18)21-23-15(3)25-26-21/h6-11,14H,4-5,12-13H2,1-3H3,(H,24,27)(H,23,25,26). The van der Waals surface area contributed by atoms with Gasteiger partial charge in [-0.2, -0.15) is 5.10 Å².